The fourth-order valence-corrected chi connectivity index (χ4v) is 3.63. The number of hydrogen-bond acceptors (Lipinski definition) is 5. The Morgan fingerprint density at radius 3 is 2.62 bits per heavy atom. The van der Waals surface area contributed by atoms with E-state index in [0.717, 1.165) is 21.8 Å². The number of rotatable bonds is 6. The zero-order chi connectivity index (χ0) is 18.7. The number of benzene rings is 1. The van der Waals surface area contributed by atoms with Crippen LogP contribution in [0.5, 0.6) is 0 Å². The number of Topliss-reactive ketones (excluding diaryl/α,β-unsaturated/α-hetero) is 1. The Labute approximate surface area is 155 Å². The van der Waals surface area contributed by atoms with Crippen molar-refractivity contribution in [1.82, 2.24) is 20.1 Å². The highest BCUT2D eigenvalue weighted by Gasteiger charge is 2.17. The predicted molar refractivity (Wildman–Crippen MR) is 101 cm³/mol. The van der Waals surface area contributed by atoms with E-state index in [0.29, 0.717) is 12.1 Å². The number of aryl methyl sites for hydroxylation is 1. The lowest BCUT2D eigenvalue weighted by molar-refractivity contribution is 0.0936. The summed E-state index contributed by atoms with van der Waals surface area (Å²) in [6, 6.07) is 8.94. The molecule has 0 saturated carbocycles. The molecule has 0 fully saturated rings. The molecule has 1 amide bonds. The molecule has 1 aromatic carbocycles. The summed E-state index contributed by atoms with van der Waals surface area (Å²) in [6.45, 7) is 6.12. The van der Waals surface area contributed by atoms with Crippen LogP contribution in [-0.2, 0) is 6.54 Å². The van der Waals surface area contributed by atoms with Gasteiger partial charge in [-0.3, -0.25) is 9.59 Å². The van der Waals surface area contributed by atoms with Crippen LogP contribution in [0.3, 0.4) is 0 Å². The van der Waals surface area contributed by atoms with E-state index in [1.807, 2.05) is 37.4 Å². The number of aromatic nitrogens is 3. The van der Waals surface area contributed by atoms with Gasteiger partial charge in [0.05, 0.1) is 10.9 Å². The second-order valence-electron chi connectivity index (χ2n) is 5.93. The fraction of sp³-hybridized carbons (Fsp3) is 0.263. The molecule has 0 saturated heterocycles. The van der Waals surface area contributed by atoms with Crippen LogP contribution in [-0.4, -0.2) is 26.5 Å². The number of hydrogen-bond donors (Lipinski definition) is 1. The third kappa shape index (κ3) is 3.57. The molecule has 0 aliphatic carbocycles. The summed E-state index contributed by atoms with van der Waals surface area (Å²) in [4.78, 5) is 29.1. The maximum atomic E-state index is 12.5. The Bertz CT molecular complexity index is 927. The first kappa shape index (κ1) is 18.0. The highest BCUT2D eigenvalue weighted by molar-refractivity contribution is 7.12. The van der Waals surface area contributed by atoms with Gasteiger partial charge in [-0.25, -0.2) is 9.67 Å². The van der Waals surface area contributed by atoms with Gasteiger partial charge in [-0.15, -0.1) is 11.3 Å². The molecule has 1 atom stereocenters. The second kappa shape index (κ2) is 7.61. The molecular formula is C19H20N4O2S. The van der Waals surface area contributed by atoms with Gasteiger partial charge in [-0.05, 0) is 49.9 Å². The van der Waals surface area contributed by atoms with Crippen LogP contribution in [0.4, 0.5) is 0 Å². The highest BCUT2D eigenvalue weighted by Crippen LogP contribution is 2.29. The van der Waals surface area contributed by atoms with Gasteiger partial charge in [0.2, 0.25) is 0 Å². The highest BCUT2D eigenvalue weighted by atomic mass is 32.1. The van der Waals surface area contributed by atoms with Crippen molar-refractivity contribution in [2.75, 3.05) is 0 Å². The number of amides is 1. The summed E-state index contributed by atoms with van der Waals surface area (Å²) in [5, 5.41) is 8.97. The van der Waals surface area contributed by atoms with Gasteiger partial charge in [0.25, 0.3) is 5.91 Å². The van der Waals surface area contributed by atoms with Gasteiger partial charge in [-0.2, -0.15) is 5.10 Å². The van der Waals surface area contributed by atoms with Crippen molar-refractivity contribution in [3.05, 3.63) is 58.3 Å². The van der Waals surface area contributed by atoms with Crippen LogP contribution in [0, 0.1) is 0 Å². The number of thiophene rings is 1. The average Bonchev–Trinajstić information content (AvgIpc) is 3.30. The van der Waals surface area contributed by atoms with E-state index in [1.165, 1.54) is 17.7 Å². The molecule has 134 valence electrons. The SMILES string of the molecule is CCn1ncnc1C(C)NC(=O)c1ccc(-c2ccsc2C(C)=O)cc1. The van der Waals surface area contributed by atoms with Crippen molar-refractivity contribution >= 4 is 23.0 Å². The Balaban J connectivity index is 1.75. The van der Waals surface area contributed by atoms with Crippen molar-refractivity contribution in [3.63, 3.8) is 0 Å². The number of ketones is 1. The van der Waals surface area contributed by atoms with E-state index in [9.17, 15) is 9.59 Å². The quantitative estimate of drug-likeness (QED) is 0.673. The molecule has 1 unspecified atom stereocenters. The summed E-state index contributed by atoms with van der Waals surface area (Å²) in [7, 11) is 0. The fourth-order valence-electron chi connectivity index (χ4n) is 2.81. The number of nitrogens with zero attached hydrogens (tertiary/aromatic N) is 3. The van der Waals surface area contributed by atoms with Gasteiger partial charge >= 0.3 is 0 Å². The van der Waals surface area contributed by atoms with Crippen LogP contribution < -0.4 is 5.32 Å². The summed E-state index contributed by atoms with van der Waals surface area (Å²) >= 11 is 1.43. The van der Waals surface area contributed by atoms with E-state index < -0.39 is 0 Å². The average molecular weight is 368 g/mol. The molecule has 0 aliphatic rings. The lowest BCUT2D eigenvalue weighted by atomic mass is 10.0. The molecular weight excluding hydrogens is 348 g/mol. The lowest BCUT2D eigenvalue weighted by Gasteiger charge is -2.14. The first-order chi connectivity index (χ1) is 12.5. The maximum Gasteiger partial charge on any atom is 0.251 e. The molecule has 0 bridgehead atoms. The minimum Gasteiger partial charge on any atom is -0.342 e. The van der Waals surface area contributed by atoms with E-state index in [-0.39, 0.29) is 17.7 Å². The molecule has 26 heavy (non-hydrogen) atoms. The van der Waals surface area contributed by atoms with Crippen LogP contribution >= 0.6 is 11.3 Å². The van der Waals surface area contributed by atoms with Gasteiger partial charge in [0.15, 0.2) is 5.78 Å². The molecule has 2 heterocycles. The molecule has 1 N–H and O–H groups in total. The first-order valence-corrected chi connectivity index (χ1v) is 9.26. The van der Waals surface area contributed by atoms with E-state index in [2.05, 4.69) is 15.4 Å². The van der Waals surface area contributed by atoms with Crippen molar-refractivity contribution < 1.29 is 9.59 Å². The van der Waals surface area contributed by atoms with E-state index in [4.69, 9.17) is 0 Å². The van der Waals surface area contributed by atoms with Gasteiger partial charge in [0, 0.05) is 17.7 Å². The summed E-state index contributed by atoms with van der Waals surface area (Å²) in [5.74, 6) is 0.597. The molecule has 0 aliphatic heterocycles. The number of nitrogens with one attached hydrogen (secondary N) is 1. The second-order valence-corrected chi connectivity index (χ2v) is 6.84. The van der Waals surface area contributed by atoms with Crippen LogP contribution in [0.15, 0.2) is 42.0 Å². The number of carbonyl (C=O) groups excluding carboxylic acids is 2. The largest absolute Gasteiger partial charge is 0.342 e. The molecule has 0 spiro atoms. The summed E-state index contributed by atoms with van der Waals surface area (Å²) in [5.41, 5.74) is 2.38. The molecule has 7 heteroatoms. The first-order valence-electron chi connectivity index (χ1n) is 8.38. The normalized spacial score (nSPS) is 12.0. The Morgan fingerprint density at radius 2 is 1.96 bits per heavy atom. The van der Waals surface area contributed by atoms with Crippen molar-refractivity contribution in [2.45, 2.75) is 33.4 Å². The topological polar surface area (TPSA) is 76.9 Å². The smallest absolute Gasteiger partial charge is 0.251 e. The zero-order valence-electron chi connectivity index (χ0n) is 14.9. The van der Waals surface area contributed by atoms with Gasteiger partial charge in [0.1, 0.15) is 12.2 Å². The molecule has 3 rings (SSSR count). The zero-order valence-corrected chi connectivity index (χ0v) is 15.7. The van der Waals surface area contributed by atoms with Crippen molar-refractivity contribution in [2.24, 2.45) is 0 Å². The summed E-state index contributed by atoms with van der Waals surface area (Å²) in [6.07, 6.45) is 1.49. The maximum absolute atomic E-state index is 12.5. The minimum absolute atomic E-state index is 0.0469. The Hall–Kier alpha value is -2.80. The third-order valence-electron chi connectivity index (χ3n) is 4.12. The number of carbonyl (C=O) groups is 2. The predicted octanol–water partition coefficient (Wildman–Crippen LogP) is 3.72. The minimum atomic E-state index is -0.245. The Kier molecular flexibility index (Phi) is 5.27. The molecule has 6 nitrogen and oxygen atoms in total. The Morgan fingerprint density at radius 1 is 1.23 bits per heavy atom. The molecule has 2 aromatic heterocycles. The van der Waals surface area contributed by atoms with Gasteiger partial charge < -0.3 is 5.32 Å². The van der Waals surface area contributed by atoms with E-state index >= 15 is 0 Å². The van der Waals surface area contributed by atoms with Crippen LogP contribution in [0.2, 0.25) is 0 Å². The monoisotopic (exact) mass is 368 g/mol. The van der Waals surface area contributed by atoms with Crippen molar-refractivity contribution in [3.8, 4) is 11.1 Å². The van der Waals surface area contributed by atoms with E-state index in [1.54, 1.807) is 23.7 Å². The van der Waals surface area contributed by atoms with Crippen LogP contribution in [0.1, 0.15) is 52.7 Å². The summed E-state index contributed by atoms with van der Waals surface area (Å²) < 4.78 is 1.76. The standard InChI is InChI=1S/C19H20N4O2S/c1-4-23-18(20-11-21-23)12(2)22-19(25)15-7-5-14(6-8-15)16-9-10-26-17(16)13(3)24/h5-12H,4H2,1-3H3,(H,22,25). The molecule has 3 aromatic rings. The van der Waals surface area contributed by atoms with Crippen LogP contribution in [0.25, 0.3) is 11.1 Å². The third-order valence-corrected chi connectivity index (χ3v) is 5.14. The van der Waals surface area contributed by atoms with Crippen molar-refractivity contribution in [1.29, 1.82) is 0 Å². The molecule has 0 radical (unpaired) electrons. The lowest BCUT2D eigenvalue weighted by Crippen LogP contribution is -2.28. The van der Waals surface area contributed by atoms with Gasteiger partial charge in [-0.1, -0.05) is 12.1 Å².